The van der Waals surface area contributed by atoms with Crippen molar-refractivity contribution in [1.29, 1.82) is 0 Å². The molecule has 0 saturated heterocycles. The fourth-order valence-electron chi connectivity index (χ4n) is 3.07. The molecule has 2 aromatic rings. The molecule has 1 atom stereocenters. The van der Waals surface area contributed by atoms with Crippen LogP contribution in [-0.2, 0) is 0 Å². The summed E-state index contributed by atoms with van der Waals surface area (Å²) in [5.41, 5.74) is 1.31. The van der Waals surface area contributed by atoms with E-state index in [4.69, 9.17) is 4.74 Å². The van der Waals surface area contributed by atoms with Crippen molar-refractivity contribution in [2.24, 2.45) is 5.92 Å². The summed E-state index contributed by atoms with van der Waals surface area (Å²) in [5.74, 6) is 1.70. The van der Waals surface area contributed by atoms with E-state index in [1.807, 2.05) is 13.8 Å². The van der Waals surface area contributed by atoms with Crippen LogP contribution in [0.2, 0.25) is 0 Å². The topological polar surface area (TPSA) is 9.23 Å². The van der Waals surface area contributed by atoms with E-state index in [1.165, 1.54) is 61.3 Å². The van der Waals surface area contributed by atoms with Crippen molar-refractivity contribution < 1.29 is 4.74 Å². The van der Waals surface area contributed by atoms with Crippen molar-refractivity contribution in [2.45, 2.75) is 93.4 Å². The van der Waals surface area contributed by atoms with Crippen LogP contribution < -0.4 is 4.74 Å². The third-order valence-electron chi connectivity index (χ3n) is 4.81. The molecule has 1 heteroatoms. The summed E-state index contributed by atoms with van der Waals surface area (Å²) < 4.78 is 6.08. The van der Waals surface area contributed by atoms with E-state index in [2.05, 4.69) is 71.0 Å². The van der Waals surface area contributed by atoms with Gasteiger partial charge in [0.25, 0.3) is 0 Å². The number of hydrogen-bond donors (Lipinski definition) is 0. The fourth-order valence-corrected chi connectivity index (χ4v) is 3.07. The molecule has 0 N–H and O–H groups in total. The highest BCUT2D eigenvalue weighted by Crippen LogP contribution is 2.28. The van der Waals surface area contributed by atoms with Crippen molar-refractivity contribution in [1.82, 2.24) is 0 Å². The summed E-state index contributed by atoms with van der Waals surface area (Å²) in [6.45, 7) is 15.9. The highest BCUT2D eigenvalue weighted by atomic mass is 16.5. The quantitative estimate of drug-likeness (QED) is 0.399. The second-order valence-corrected chi connectivity index (χ2v) is 7.01. The van der Waals surface area contributed by atoms with Gasteiger partial charge in [0.05, 0.1) is 6.61 Å². The molecule has 0 aliphatic rings. The molecule has 1 unspecified atom stereocenters. The predicted octanol–water partition coefficient (Wildman–Crippen LogP) is 8.97. The highest BCUT2D eigenvalue weighted by Gasteiger charge is 2.08. The van der Waals surface area contributed by atoms with Gasteiger partial charge in [0.2, 0.25) is 0 Å². The van der Waals surface area contributed by atoms with Gasteiger partial charge in [0, 0.05) is 5.39 Å². The summed E-state index contributed by atoms with van der Waals surface area (Å²) in [4.78, 5) is 0. The Labute approximate surface area is 169 Å². The Bertz CT molecular complexity index is 584. The van der Waals surface area contributed by atoms with Gasteiger partial charge in [-0.05, 0) is 36.3 Å². The van der Waals surface area contributed by atoms with Gasteiger partial charge < -0.3 is 4.74 Å². The van der Waals surface area contributed by atoms with Crippen molar-refractivity contribution in [3.8, 4) is 5.75 Å². The molecule has 0 saturated carbocycles. The van der Waals surface area contributed by atoms with E-state index in [0.29, 0.717) is 5.92 Å². The molecule has 0 spiro atoms. The molecular formula is C26H44O. The van der Waals surface area contributed by atoms with Crippen molar-refractivity contribution in [3.63, 3.8) is 0 Å². The average Bonchev–Trinajstić information content (AvgIpc) is 2.73. The lowest BCUT2D eigenvalue weighted by Crippen LogP contribution is -2.11. The molecule has 0 radical (unpaired) electrons. The molecule has 1 nitrogen and oxygen atoms in total. The molecule has 0 aliphatic carbocycles. The Morgan fingerprint density at radius 1 is 0.778 bits per heavy atom. The maximum absolute atomic E-state index is 6.08. The summed E-state index contributed by atoms with van der Waals surface area (Å²) in [6.07, 6.45) is 9.21. The largest absolute Gasteiger partial charge is 0.493 e. The summed E-state index contributed by atoms with van der Waals surface area (Å²) in [7, 11) is 0. The van der Waals surface area contributed by atoms with Crippen LogP contribution in [0, 0.1) is 12.8 Å². The minimum absolute atomic E-state index is 0.671. The first-order valence-electron chi connectivity index (χ1n) is 11.3. The average molecular weight is 373 g/mol. The van der Waals surface area contributed by atoms with E-state index in [0.717, 1.165) is 12.4 Å². The van der Waals surface area contributed by atoms with E-state index in [1.54, 1.807) is 0 Å². The maximum Gasteiger partial charge on any atom is 0.127 e. The van der Waals surface area contributed by atoms with E-state index in [-0.39, 0.29) is 0 Å². The molecule has 0 amide bonds. The maximum atomic E-state index is 6.08. The first-order chi connectivity index (χ1) is 13.2. The van der Waals surface area contributed by atoms with Crippen molar-refractivity contribution in [2.75, 3.05) is 6.61 Å². The van der Waals surface area contributed by atoms with Crippen LogP contribution in [0.25, 0.3) is 10.8 Å². The van der Waals surface area contributed by atoms with E-state index >= 15 is 0 Å². The Balaban J connectivity index is 0.000000722. The Kier molecular flexibility index (Phi) is 15.7. The Morgan fingerprint density at radius 3 is 1.89 bits per heavy atom. The summed E-state index contributed by atoms with van der Waals surface area (Å²) in [6, 6.07) is 12.7. The normalized spacial score (nSPS) is 11.1. The van der Waals surface area contributed by atoms with Crippen LogP contribution in [0.1, 0.15) is 92.1 Å². The van der Waals surface area contributed by atoms with Crippen LogP contribution in [0.5, 0.6) is 5.75 Å². The van der Waals surface area contributed by atoms with Crippen molar-refractivity contribution >= 4 is 10.8 Å². The van der Waals surface area contributed by atoms with Gasteiger partial charge in [-0.1, -0.05) is 110 Å². The second-order valence-electron chi connectivity index (χ2n) is 7.01. The third-order valence-corrected chi connectivity index (χ3v) is 4.81. The summed E-state index contributed by atoms with van der Waals surface area (Å²) >= 11 is 0. The fraction of sp³-hybridized carbons (Fsp3) is 0.615. The third kappa shape index (κ3) is 9.84. The van der Waals surface area contributed by atoms with Crippen molar-refractivity contribution in [3.05, 3.63) is 42.0 Å². The smallest absolute Gasteiger partial charge is 0.127 e. The first kappa shape index (κ1) is 25.5. The Hall–Kier alpha value is -1.50. The number of unbranched alkanes of at least 4 members (excludes halogenated alkanes) is 3. The molecule has 0 aromatic heterocycles. The number of rotatable bonds is 9. The molecule has 27 heavy (non-hydrogen) atoms. The van der Waals surface area contributed by atoms with Gasteiger partial charge >= 0.3 is 0 Å². The van der Waals surface area contributed by atoms with Gasteiger partial charge in [-0.15, -0.1) is 0 Å². The number of aryl methyl sites for hydroxylation is 1. The number of fused-ring (bicyclic) bond motifs is 1. The Morgan fingerprint density at radius 2 is 1.37 bits per heavy atom. The molecule has 0 aliphatic heterocycles. The minimum Gasteiger partial charge on any atom is -0.493 e. The monoisotopic (exact) mass is 372 g/mol. The standard InChI is InChI=1S/C18H24O.C6H14.C2H6/c1-4-8-15(5-2)13-19-18-12-11-14(3)16-9-6-7-10-17(16)18;1-3-5-6-4-2;1-2/h6-7,9-12,15H,4-5,8,13H2,1-3H3;3-6H2,1-2H3;1-2H3. The molecular weight excluding hydrogens is 328 g/mol. The summed E-state index contributed by atoms with van der Waals surface area (Å²) in [5, 5.41) is 2.53. The second kappa shape index (κ2) is 16.7. The van der Waals surface area contributed by atoms with Crippen LogP contribution in [0.3, 0.4) is 0 Å². The molecule has 0 heterocycles. The highest BCUT2D eigenvalue weighted by molar-refractivity contribution is 5.90. The van der Waals surface area contributed by atoms with Crippen LogP contribution >= 0.6 is 0 Å². The number of hydrogen-bond acceptors (Lipinski definition) is 1. The van der Waals surface area contributed by atoms with Gasteiger partial charge in [0.15, 0.2) is 0 Å². The van der Waals surface area contributed by atoms with Crippen LogP contribution in [0.15, 0.2) is 36.4 Å². The van der Waals surface area contributed by atoms with Gasteiger partial charge in [-0.2, -0.15) is 0 Å². The lowest BCUT2D eigenvalue weighted by Gasteiger charge is -2.16. The molecule has 0 bridgehead atoms. The lowest BCUT2D eigenvalue weighted by molar-refractivity contribution is 0.237. The molecule has 2 aromatic carbocycles. The van der Waals surface area contributed by atoms with E-state index < -0.39 is 0 Å². The van der Waals surface area contributed by atoms with Gasteiger partial charge in [-0.3, -0.25) is 0 Å². The van der Waals surface area contributed by atoms with Gasteiger partial charge in [0.1, 0.15) is 5.75 Å². The first-order valence-corrected chi connectivity index (χ1v) is 11.3. The molecule has 154 valence electrons. The van der Waals surface area contributed by atoms with Crippen LogP contribution in [0.4, 0.5) is 0 Å². The number of ether oxygens (including phenoxy) is 1. The zero-order valence-electron chi connectivity index (χ0n) is 19.1. The zero-order chi connectivity index (χ0) is 20.5. The molecule has 2 rings (SSSR count). The van der Waals surface area contributed by atoms with Gasteiger partial charge in [-0.25, -0.2) is 0 Å². The van der Waals surface area contributed by atoms with E-state index in [9.17, 15) is 0 Å². The zero-order valence-corrected chi connectivity index (χ0v) is 19.1. The lowest BCUT2D eigenvalue weighted by atomic mass is 10.0. The SMILES string of the molecule is CC.CCCC(CC)COc1ccc(C)c2ccccc12.CCCCCC. The minimum atomic E-state index is 0.671. The number of benzene rings is 2. The van der Waals surface area contributed by atoms with Crippen LogP contribution in [-0.4, -0.2) is 6.61 Å². The predicted molar refractivity (Wildman–Crippen MR) is 124 cm³/mol. The molecule has 0 fully saturated rings.